The Bertz CT molecular complexity index is 538. The second-order valence-corrected chi connectivity index (χ2v) is 6.18. The molecule has 0 spiro atoms. The maximum absolute atomic E-state index is 4.03. The highest BCUT2D eigenvalue weighted by Gasteiger charge is 2.19. The van der Waals surface area contributed by atoms with Gasteiger partial charge in [-0.2, -0.15) is 0 Å². The fourth-order valence-electron chi connectivity index (χ4n) is 2.55. The molecule has 18 heavy (non-hydrogen) atoms. The molecule has 2 aromatic rings. The zero-order valence-corrected chi connectivity index (χ0v) is 11.6. The predicted molar refractivity (Wildman–Crippen MR) is 81.0 cm³/mol. The van der Waals surface area contributed by atoms with Crippen LogP contribution in [0.1, 0.15) is 38.7 Å². The number of hydrogen-bond donors (Lipinski definition) is 0. The van der Waals surface area contributed by atoms with Gasteiger partial charge in [-0.15, -0.1) is 6.58 Å². The first kappa shape index (κ1) is 12.9. The van der Waals surface area contributed by atoms with Crippen molar-refractivity contribution in [3.8, 4) is 0 Å². The van der Waals surface area contributed by atoms with Gasteiger partial charge in [0.25, 0.3) is 0 Å². The quantitative estimate of drug-likeness (QED) is 0.615. The van der Waals surface area contributed by atoms with Gasteiger partial charge in [0.1, 0.15) is 0 Å². The van der Waals surface area contributed by atoms with Gasteiger partial charge in [0.15, 0.2) is 0 Å². The number of fused-ring (bicyclic) bond motifs is 1. The standard InChI is InChI=1S/C18H22/c1-5-14(13-18(2,3)4)16-12-8-10-15-9-6-7-11-17(15)16/h5-12,14H,1,13H2,2-4H3/t14-/m1/s1. The molecule has 1 atom stereocenters. The minimum Gasteiger partial charge on any atom is -0.102 e. The van der Waals surface area contributed by atoms with E-state index < -0.39 is 0 Å². The smallest absolute Gasteiger partial charge is 0.00264 e. The topological polar surface area (TPSA) is 0 Å². The Morgan fingerprint density at radius 1 is 1.06 bits per heavy atom. The van der Waals surface area contributed by atoms with Crippen LogP contribution >= 0.6 is 0 Å². The van der Waals surface area contributed by atoms with Crippen molar-refractivity contribution < 1.29 is 0 Å². The summed E-state index contributed by atoms with van der Waals surface area (Å²) in [6.45, 7) is 10.9. The van der Waals surface area contributed by atoms with E-state index in [0.717, 1.165) is 6.42 Å². The van der Waals surface area contributed by atoms with Gasteiger partial charge in [-0.05, 0) is 28.2 Å². The first-order chi connectivity index (χ1) is 8.51. The Morgan fingerprint density at radius 2 is 1.72 bits per heavy atom. The molecule has 0 aromatic heterocycles. The number of benzene rings is 2. The Morgan fingerprint density at radius 3 is 2.39 bits per heavy atom. The van der Waals surface area contributed by atoms with E-state index in [1.165, 1.54) is 16.3 Å². The second-order valence-electron chi connectivity index (χ2n) is 6.18. The van der Waals surface area contributed by atoms with Crippen molar-refractivity contribution in [2.24, 2.45) is 5.41 Å². The minimum atomic E-state index is 0.315. The minimum absolute atomic E-state index is 0.315. The van der Waals surface area contributed by atoms with Crippen LogP contribution < -0.4 is 0 Å². The molecule has 0 N–H and O–H groups in total. The third-order valence-electron chi connectivity index (χ3n) is 3.34. The van der Waals surface area contributed by atoms with E-state index in [1.54, 1.807) is 0 Å². The van der Waals surface area contributed by atoms with E-state index in [2.05, 4.69) is 75.9 Å². The third kappa shape index (κ3) is 2.81. The van der Waals surface area contributed by atoms with Gasteiger partial charge in [0.05, 0.1) is 0 Å². The van der Waals surface area contributed by atoms with Gasteiger partial charge < -0.3 is 0 Å². The Balaban J connectivity index is 2.48. The maximum atomic E-state index is 4.03. The lowest BCUT2D eigenvalue weighted by Gasteiger charge is -2.25. The molecule has 94 valence electrons. The van der Waals surface area contributed by atoms with Gasteiger partial charge in [-0.1, -0.05) is 69.3 Å². The van der Waals surface area contributed by atoms with E-state index in [1.807, 2.05) is 0 Å². The molecule has 0 amide bonds. The molecule has 0 nitrogen and oxygen atoms in total. The SMILES string of the molecule is C=C[C@H](CC(C)(C)C)c1cccc2ccccc12. The Labute approximate surface area is 110 Å². The van der Waals surface area contributed by atoms with Gasteiger partial charge in [0, 0.05) is 5.92 Å². The normalized spacial score (nSPS) is 13.5. The summed E-state index contributed by atoms with van der Waals surface area (Å²) in [4.78, 5) is 0. The highest BCUT2D eigenvalue weighted by Crippen LogP contribution is 2.35. The van der Waals surface area contributed by atoms with Crippen LogP contribution in [0, 0.1) is 5.41 Å². The van der Waals surface area contributed by atoms with Crippen LogP contribution in [-0.2, 0) is 0 Å². The highest BCUT2D eigenvalue weighted by molar-refractivity contribution is 5.86. The van der Waals surface area contributed by atoms with Crippen LogP contribution in [0.3, 0.4) is 0 Å². The molecule has 0 unspecified atom stereocenters. The third-order valence-corrected chi connectivity index (χ3v) is 3.34. The zero-order chi connectivity index (χ0) is 13.2. The van der Waals surface area contributed by atoms with Crippen molar-refractivity contribution in [3.63, 3.8) is 0 Å². The molecule has 0 aliphatic carbocycles. The molecule has 0 bridgehead atoms. The Kier molecular flexibility index (Phi) is 3.56. The Hall–Kier alpha value is -1.56. The van der Waals surface area contributed by atoms with Crippen LogP contribution in [0.4, 0.5) is 0 Å². The van der Waals surface area contributed by atoms with Crippen molar-refractivity contribution in [3.05, 3.63) is 60.7 Å². The molecule has 0 heteroatoms. The summed E-state index contributed by atoms with van der Waals surface area (Å²) < 4.78 is 0. The zero-order valence-electron chi connectivity index (χ0n) is 11.6. The lowest BCUT2D eigenvalue weighted by molar-refractivity contribution is 0.361. The van der Waals surface area contributed by atoms with Crippen LogP contribution in [0.2, 0.25) is 0 Å². The summed E-state index contributed by atoms with van der Waals surface area (Å²) in [7, 11) is 0. The van der Waals surface area contributed by atoms with E-state index in [0.29, 0.717) is 11.3 Å². The molecular weight excluding hydrogens is 216 g/mol. The first-order valence-corrected chi connectivity index (χ1v) is 6.61. The van der Waals surface area contributed by atoms with Crippen LogP contribution in [-0.4, -0.2) is 0 Å². The van der Waals surface area contributed by atoms with Crippen LogP contribution in [0.15, 0.2) is 55.1 Å². The van der Waals surface area contributed by atoms with Crippen molar-refractivity contribution >= 4 is 10.8 Å². The maximum Gasteiger partial charge on any atom is 0.00264 e. The van der Waals surface area contributed by atoms with E-state index in [9.17, 15) is 0 Å². The second kappa shape index (κ2) is 4.97. The molecule has 0 saturated heterocycles. The van der Waals surface area contributed by atoms with Gasteiger partial charge in [0.2, 0.25) is 0 Å². The first-order valence-electron chi connectivity index (χ1n) is 6.61. The summed E-state index contributed by atoms with van der Waals surface area (Å²) >= 11 is 0. The van der Waals surface area contributed by atoms with Crippen molar-refractivity contribution in [1.82, 2.24) is 0 Å². The molecule has 2 aromatic carbocycles. The van der Waals surface area contributed by atoms with Gasteiger partial charge in [-0.25, -0.2) is 0 Å². The molecule has 0 saturated carbocycles. The molecule has 0 aliphatic heterocycles. The fourth-order valence-corrected chi connectivity index (χ4v) is 2.55. The summed E-state index contributed by atoms with van der Waals surface area (Å²) in [5.41, 5.74) is 1.72. The van der Waals surface area contributed by atoms with E-state index >= 15 is 0 Å². The number of rotatable bonds is 3. The predicted octanol–water partition coefficient (Wildman–Crippen LogP) is 5.55. The van der Waals surface area contributed by atoms with E-state index in [4.69, 9.17) is 0 Å². The average molecular weight is 238 g/mol. The number of allylic oxidation sites excluding steroid dienone is 1. The van der Waals surface area contributed by atoms with Crippen LogP contribution in [0.25, 0.3) is 10.8 Å². The number of hydrogen-bond acceptors (Lipinski definition) is 0. The lowest BCUT2D eigenvalue weighted by atomic mass is 9.80. The lowest BCUT2D eigenvalue weighted by Crippen LogP contribution is -2.10. The molecule has 0 heterocycles. The van der Waals surface area contributed by atoms with E-state index in [-0.39, 0.29) is 0 Å². The summed E-state index contributed by atoms with van der Waals surface area (Å²) in [6, 6.07) is 15.2. The monoisotopic (exact) mass is 238 g/mol. The summed E-state index contributed by atoms with van der Waals surface area (Å²) in [6.07, 6.45) is 3.22. The van der Waals surface area contributed by atoms with Gasteiger partial charge >= 0.3 is 0 Å². The summed E-state index contributed by atoms with van der Waals surface area (Å²) in [5.74, 6) is 0.427. The van der Waals surface area contributed by atoms with Crippen molar-refractivity contribution in [2.45, 2.75) is 33.1 Å². The van der Waals surface area contributed by atoms with Gasteiger partial charge in [-0.3, -0.25) is 0 Å². The molecule has 2 rings (SSSR count). The largest absolute Gasteiger partial charge is 0.102 e. The average Bonchev–Trinajstić information content (AvgIpc) is 2.34. The van der Waals surface area contributed by atoms with Crippen molar-refractivity contribution in [2.75, 3.05) is 0 Å². The van der Waals surface area contributed by atoms with Crippen molar-refractivity contribution in [1.29, 1.82) is 0 Å². The molecular formula is C18H22. The molecule has 0 fully saturated rings. The van der Waals surface area contributed by atoms with Crippen LogP contribution in [0.5, 0.6) is 0 Å². The highest BCUT2D eigenvalue weighted by atomic mass is 14.2. The molecule has 0 aliphatic rings. The fraction of sp³-hybridized carbons (Fsp3) is 0.333. The molecule has 0 radical (unpaired) electrons. The summed E-state index contributed by atoms with van der Waals surface area (Å²) in [5, 5.41) is 2.67.